The molecule has 3 rings (SSSR count). The number of ether oxygens (including phenoxy) is 1. The van der Waals surface area contributed by atoms with Gasteiger partial charge >= 0.3 is 0 Å². The molecular weight excluding hydrogens is 316 g/mol. The normalized spacial score (nSPS) is 24.7. The quantitative estimate of drug-likeness (QED) is 0.879. The van der Waals surface area contributed by atoms with Crippen LogP contribution in [0, 0.1) is 0 Å². The van der Waals surface area contributed by atoms with Crippen molar-refractivity contribution >= 4 is 23.6 Å². The first kappa shape index (κ1) is 16.1. The van der Waals surface area contributed by atoms with Crippen molar-refractivity contribution in [2.24, 2.45) is 0 Å². The molecule has 1 aromatic carbocycles. The number of nitrogens with zero attached hydrogens (tertiary/aromatic N) is 2. The average molecular weight is 336 g/mol. The third-order valence-electron chi connectivity index (χ3n) is 4.17. The number of phenolic OH excluding ortho intramolecular Hbond substituents is 1. The standard InChI is InChI=1S/C16H20N2O4S/c1-11(19)18-13(15(21)17-6-8-22-9-7-17)10-23-16(18)12-4-2-3-5-14(12)20/h2-5,13,16,20H,6-10H2,1H3/t13-,16+/m1/s1. The predicted octanol–water partition coefficient (Wildman–Crippen LogP) is 1.21. The number of hydrogen-bond acceptors (Lipinski definition) is 5. The molecule has 2 saturated heterocycles. The molecule has 0 bridgehead atoms. The monoisotopic (exact) mass is 336 g/mol. The fraction of sp³-hybridized carbons (Fsp3) is 0.500. The minimum Gasteiger partial charge on any atom is -0.508 e. The van der Waals surface area contributed by atoms with Gasteiger partial charge in [0.15, 0.2) is 0 Å². The molecule has 2 aliphatic rings. The minimum absolute atomic E-state index is 0.0334. The van der Waals surface area contributed by atoms with E-state index in [1.165, 1.54) is 18.7 Å². The average Bonchev–Trinajstić information content (AvgIpc) is 3.00. The maximum absolute atomic E-state index is 12.8. The fourth-order valence-electron chi connectivity index (χ4n) is 3.01. The van der Waals surface area contributed by atoms with E-state index in [2.05, 4.69) is 0 Å². The van der Waals surface area contributed by atoms with Gasteiger partial charge in [-0.25, -0.2) is 0 Å². The van der Waals surface area contributed by atoms with Gasteiger partial charge in [-0.1, -0.05) is 18.2 Å². The van der Waals surface area contributed by atoms with E-state index in [9.17, 15) is 14.7 Å². The molecular formula is C16H20N2O4S. The highest BCUT2D eigenvalue weighted by Crippen LogP contribution is 2.44. The number of benzene rings is 1. The molecule has 1 aromatic rings. The summed E-state index contributed by atoms with van der Waals surface area (Å²) in [5.41, 5.74) is 0.671. The van der Waals surface area contributed by atoms with Crippen LogP contribution in [0.2, 0.25) is 0 Å². The molecule has 2 aliphatic heterocycles. The van der Waals surface area contributed by atoms with Crippen molar-refractivity contribution in [2.45, 2.75) is 18.3 Å². The van der Waals surface area contributed by atoms with E-state index in [4.69, 9.17) is 4.74 Å². The van der Waals surface area contributed by atoms with E-state index in [-0.39, 0.29) is 22.9 Å². The summed E-state index contributed by atoms with van der Waals surface area (Å²) in [7, 11) is 0. The van der Waals surface area contributed by atoms with Crippen molar-refractivity contribution in [3.05, 3.63) is 29.8 Å². The zero-order valence-corrected chi connectivity index (χ0v) is 13.8. The van der Waals surface area contributed by atoms with Crippen LogP contribution in [-0.4, -0.2) is 64.8 Å². The predicted molar refractivity (Wildman–Crippen MR) is 87.0 cm³/mol. The van der Waals surface area contributed by atoms with E-state index in [1.807, 2.05) is 6.07 Å². The summed E-state index contributed by atoms with van der Waals surface area (Å²) in [6, 6.07) is 6.48. The molecule has 124 valence electrons. The van der Waals surface area contributed by atoms with Crippen molar-refractivity contribution in [3.8, 4) is 5.75 Å². The Bertz CT molecular complexity index is 603. The third-order valence-corrected chi connectivity index (χ3v) is 5.48. The summed E-state index contributed by atoms with van der Waals surface area (Å²) < 4.78 is 5.28. The van der Waals surface area contributed by atoms with Crippen LogP contribution in [0.1, 0.15) is 17.9 Å². The lowest BCUT2D eigenvalue weighted by Crippen LogP contribution is -2.52. The molecule has 0 spiro atoms. The lowest BCUT2D eigenvalue weighted by Gasteiger charge is -2.33. The van der Waals surface area contributed by atoms with Crippen LogP contribution in [0.5, 0.6) is 5.75 Å². The van der Waals surface area contributed by atoms with Gasteiger partial charge in [0.2, 0.25) is 11.8 Å². The molecule has 2 fully saturated rings. The Hall–Kier alpha value is -1.73. The van der Waals surface area contributed by atoms with Gasteiger partial charge in [-0.2, -0.15) is 0 Å². The lowest BCUT2D eigenvalue weighted by molar-refractivity contribution is -0.146. The van der Waals surface area contributed by atoms with Crippen molar-refractivity contribution in [1.29, 1.82) is 0 Å². The molecule has 2 atom stereocenters. The summed E-state index contributed by atoms with van der Waals surface area (Å²) in [5, 5.41) is 9.75. The van der Waals surface area contributed by atoms with Gasteiger partial charge < -0.3 is 19.6 Å². The van der Waals surface area contributed by atoms with Crippen LogP contribution in [-0.2, 0) is 14.3 Å². The third kappa shape index (κ3) is 3.16. The van der Waals surface area contributed by atoms with Crippen LogP contribution in [0.25, 0.3) is 0 Å². The van der Waals surface area contributed by atoms with Crippen molar-refractivity contribution in [3.63, 3.8) is 0 Å². The Labute approximate surface area is 139 Å². The van der Waals surface area contributed by atoms with Crippen LogP contribution < -0.4 is 0 Å². The van der Waals surface area contributed by atoms with Crippen LogP contribution >= 0.6 is 11.8 Å². The van der Waals surface area contributed by atoms with Crippen LogP contribution in [0.15, 0.2) is 24.3 Å². The number of hydrogen-bond donors (Lipinski definition) is 1. The van der Waals surface area contributed by atoms with Crippen molar-refractivity contribution in [2.75, 3.05) is 32.1 Å². The summed E-state index contributed by atoms with van der Waals surface area (Å²) in [6.45, 7) is 3.67. The first-order valence-corrected chi connectivity index (χ1v) is 8.69. The maximum Gasteiger partial charge on any atom is 0.246 e. The summed E-state index contributed by atoms with van der Waals surface area (Å²) in [6.07, 6.45) is 0. The molecule has 0 saturated carbocycles. The van der Waals surface area contributed by atoms with E-state index in [0.717, 1.165) is 0 Å². The first-order chi connectivity index (χ1) is 11.1. The zero-order chi connectivity index (χ0) is 16.4. The smallest absolute Gasteiger partial charge is 0.246 e. The Morgan fingerprint density at radius 1 is 1.26 bits per heavy atom. The minimum atomic E-state index is -0.486. The molecule has 7 heteroatoms. The molecule has 0 aliphatic carbocycles. The molecule has 0 radical (unpaired) electrons. The van der Waals surface area contributed by atoms with E-state index in [1.54, 1.807) is 28.0 Å². The zero-order valence-electron chi connectivity index (χ0n) is 13.0. The first-order valence-electron chi connectivity index (χ1n) is 7.64. The SMILES string of the molecule is CC(=O)N1[C@@H](C(=O)N2CCOCC2)CS[C@H]1c1ccccc1O. The second kappa shape index (κ2) is 6.80. The highest BCUT2D eigenvalue weighted by atomic mass is 32.2. The van der Waals surface area contributed by atoms with Gasteiger partial charge in [-0.05, 0) is 6.07 Å². The maximum atomic E-state index is 12.8. The number of aromatic hydroxyl groups is 1. The van der Waals surface area contributed by atoms with E-state index < -0.39 is 6.04 Å². The molecule has 6 nitrogen and oxygen atoms in total. The molecule has 2 heterocycles. The molecule has 0 unspecified atom stereocenters. The number of amides is 2. The number of thioether (sulfide) groups is 1. The molecule has 23 heavy (non-hydrogen) atoms. The highest BCUT2D eigenvalue weighted by molar-refractivity contribution is 7.99. The van der Waals surface area contributed by atoms with Gasteiger partial charge in [-0.15, -0.1) is 11.8 Å². The second-order valence-electron chi connectivity index (χ2n) is 5.62. The lowest BCUT2D eigenvalue weighted by atomic mass is 10.1. The van der Waals surface area contributed by atoms with Gasteiger partial charge in [0, 0.05) is 31.3 Å². The number of carbonyl (C=O) groups is 2. The number of para-hydroxylation sites is 1. The molecule has 0 aromatic heterocycles. The number of carbonyl (C=O) groups excluding carboxylic acids is 2. The Morgan fingerprint density at radius 3 is 2.61 bits per heavy atom. The van der Waals surface area contributed by atoms with Gasteiger partial charge in [0.1, 0.15) is 17.2 Å². The summed E-state index contributed by atoms with van der Waals surface area (Å²) in [4.78, 5) is 28.3. The largest absolute Gasteiger partial charge is 0.508 e. The van der Waals surface area contributed by atoms with Crippen molar-refractivity contribution < 1.29 is 19.4 Å². The Kier molecular flexibility index (Phi) is 4.77. The van der Waals surface area contributed by atoms with E-state index in [0.29, 0.717) is 37.6 Å². The summed E-state index contributed by atoms with van der Waals surface area (Å²) in [5.74, 6) is 0.494. The van der Waals surface area contributed by atoms with Gasteiger partial charge in [0.05, 0.1) is 13.2 Å². The second-order valence-corrected chi connectivity index (χ2v) is 6.74. The van der Waals surface area contributed by atoms with Gasteiger partial charge in [0.25, 0.3) is 0 Å². The Balaban J connectivity index is 1.84. The Morgan fingerprint density at radius 2 is 1.96 bits per heavy atom. The van der Waals surface area contributed by atoms with E-state index >= 15 is 0 Å². The molecule has 1 N–H and O–H groups in total. The van der Waals surface area contributed by atoms with Crippen LogP contribution in [0.4, 0.5) is 0 Å². The number of morpholine rings is 1. The van der Waals surface area contributed by atoms with Crippen molar-refractivity contribution in [1.82, 2.24) is 9.80 Å². The fourth-order valence-corrected chi connectivity index (χ4v) is 4.51. The molecule has 2 amide bonds. The summed E-state index contributed by atoms with van der Waals surface area (Å²) >= 11 is 1.51. The van der Waals surface area contributed by atoms with Gasteiger partial charge in [-0.3, -0.25) is 9.59 Å². The number of phenols is 1. The van der Waals surface area contributed by atoms with Crippen LogP contribution in [0.3, 0.4) is 0 Å². The topological polar surface area (TPSA) is 70.1 Å². The number of rotatable bonds is 2. The highest BCUT2D eigenvalue weighted by Gasteiger charge is 2.43.